The molecule has 0 saturated carbocycles. The molecule has 0 aromatic heterocycles. The molecule has 88 valence electrons. The Labute approximate surface area is 96.5 Å². The maximum Gasteiger partial charge on any atom is 0.146 e. The molecular formula is C13H19FN2. The van der Waals surface area contributed by atoms with Crippen LogP contribution in [-0.4, -0.2) is 20.6 Å². The fourth-order valence-corrected chi connectivity index (χ4v) is 2.54. The van der Waals surface area contributed by atoms with Gasteiger partial charge in [-0.25, -0.2) is 4.39 Å². The molecule has 1 heterocycles. The number of nitrogens with one attached hydrogen (secondary N) is 1. The largest absolute Gasteiger partial charge is 0.375 e. The van der Waals surface area contributed by atoms with E-state index in [0.29, 0.717) is 5.69 Å². The van der Waals surface area contributed by atoms with E-state index in [-0.39, 0.29) is 11.4 Å². The Balaban J connectivity index is 2.51. The van der Waals surface area contributed by atoms with Gasteiger partial charge in [0.05, 0.1) is 5.69 Å². The zero-order valence-corrected chi connectivity index (χ0v) is 10.2. The molecule has 16 heavy (non-hydrogen) atoms. The van der Waals surface area contributed by atoms with Crippen LogP contribution >= 0.6 is 0 Å². The highest BCUT2D eigenvalue weighted by Gasteiger charge is 2.33. The summed E-state index contributed by atoms with van der Waals surface area (Å²) in [6, 6.07) is 5.34. The van der Waals surface area contributed by atoms with Crippen LogP contribution in [0.1, 0.15) is 25.3 Å². The third-order valence-electron chi connectivity index (χ3n) is 3.40. The number of hydrogen-bond donors (Lipinski definition) is 1. The molecule has 2 rings (SSSR count). The Morgan fingerprint density at radius 1 is 1.38 bits per heavy atom. The number of para-hydroxylation sites is 1. The Hall–Kier alpha value is -1.09. The molecule has 0 amide bonds. The van der Waals surface area contributed by atoms with Crippen LogP contribution in [-0.2, 0) is 5.54 Å². The summed E-state index contributed by atoms with van der Waals surface area (Å²) in [6.45, 7) is 3.17. The second-order valence-electron chi connectivity index (χ2n) is 4.89. The molecule has 3 heteroatoms. The summed E-state index contributed by atoms with van der Waals surface area (Å²) in [5.41, 5.74) is 1.69. The van der Waals surface area contributed by atoms with E-state index in [1.54, 1.807) is 6.07 Å². The average molecular weight is 222 g/mol. The van der Waals surface area contributed by atoms with Gasteiger partial charge >= 0.3 is 0 Å². The van der Waals surface area contributed by atoms with E-state index in [0.717, 1.165) is 24.9 Å². The maximum absolute atomic E-state index is 13.9. The first-order valence-corrected chi connectivity index (χ1v) is 5.76. The zero-order valence-electron chi connectivity index (χ0n) is 10.2. The van der Waals surface area contributed by atoms with Crippen molar-refractivity contribution in [3.8, 4) is 0 Å². The molecule has 1 unspecified atom stereocenters. The summed E-state index contributed by atoms with van der Waals surface area (Å²) in [7, 11) is 3.78. The van der Waals surface area contributed by atoms with Crippen LogP contribution in [0.2, 0.25) is 0 Å². The van der Waals surface area contributed by atoms with Crippen molar-refractivity contribution in [2.45, 2.75) is 25.3 Å². The van der Waals surface area contributed by atoms with Gasteiger partial charge in [0.15, 0.2) is 0 Å². The van der Waals surface area contributed by atoms with Crippen molar-refractivity contribution in [1.29, 1.82) is 0 Å². The van der Waals surface area contributed by atoms with Crippen molar-refractivity contribution >= 4 is 5.69 Å². The molecule has 1 fully saturated rings. The number of rotatable bonds is 2. The number of halogens is 1. The van der Waals surface area contributed by atoms with Gasteiger partial charge in [-0.05, 0) is 37.9 Å². The van der Waals surface area contributed by atoms with Gasteiger partial charge < -0.3 is 10.2 Å². The van der Waals surface area contributed by atoms with Crippen molar-refractivity contribution in [1.82, 2.24) is 5.32 Å². The van der Waals surface area contributed by atoms with Gasteiger partial charge in [-0.15, -0.1) is 0 Å². The van der Waals surface area contributed by atoms with Gasteiger partial charge in [0.1, 0.15) is 5.82 Å². The molecule has 0 radical (unpaired) electrons. The van der Waals surface area contributed by atoms with E-state index in [2.05, 4.69) is 12.2 Å². The lowest BCUT2D eigenvalue weighted by Gasteiger charge is -2.30. The fourth-order valence-electron chi connectivity index (χ4n) is 2.54. The van der Waals surface area contributed by atoms with E-state index < -0.39 is 0 Å². The Morgan fingerprint density at radius 3 is 2.69 bits per heavy atom. The normalized spacial score (nSPS) is 24.8. The monoisotopic (exact) mass is 222 g/mol. The third-order valence-corrected chi connectivity index (χ3v) is 3.40. The minimum absolute atomic E-state index is 0.0816. The molecule has 1 aliphatic heterocycles. The topological polar surface area (TPSA) is 15.3 Å². The second kappa shape index (κ2) is 4.06. The summed E-state index contributed by atoms with van der Waals surface area (Å²) in [5.74, 6) is -0.141. The highest BCUT2D eigenvalue weighted by atomic mass is 19.1. The standard InChI is InChI=1S/C13H19FN2/c1-13(8-5-9-15-13)10-6-4-7-11(14)12(10)16(2)3/h4,6-7,15H,5,8-9H2,1-3H3. The van der Waals surface area contributed by atoms with Crippen molar-refractivity contribution in [2.24, 2.45) is 0 Å². The molecule has 1 saturated heterocycles. The Kier molecular flexibility index (Phi) is 2.89. The minimum Gasteiger partial charge on any atom is -0.375 e. The summed E-state index contributed by atoms with van der Waals surface area (Å²) in [6.07, 6.45) is 2.22. The number of hydrogen-bond acceptors (Lipinski definition) is 2. The summed E-state index contributed by atoms with van der Waals surface area (Å²) >= 11 is 0. The first-order valence-electron chi connectivity index (χ1n) is 5.76. The lowest BCUT2D eigenvalue weighted by molar-refractivity contribution is 0.432. The number of nitrogens with zero attached hydrogens (tertiary/aromatic N) is 1. The molecule has 1 aliphatic rings. The number of benzene rings is 1. The van der Waals surface area contributed by atoms with Crippen molar-refractivity contribution in [2.75, 3.05) is 25.5 Å². The smallest absolute Gasteiger partial charge is 0.146 e. The summed E-state index contributed by atoms with van der Waals surface area (Å²) in [4.78, 5) is 1.86. The molecule has 0 spiro atoms. The van der Waals surface area contributed by atoms with Crippen LogP contribution in [0.15, 0.2) is 18.2 Å². The van der Waals surface area contributed by atoms with Gasteiger partial charge in [-0.3, -0.25) is 0 Å². The molecule has 1 atom stereocenters. The SMILES string of the molecule is CN(C)c1c(F)cccc1C1(C)CCCN1. The third kappa shape index (κ3) is 1.80. The molecule has 0 bridgehead atoms. The quantitative estimate of drug-likeness (QED) is 0.827. The summed E-state index contributed by atoms with van der Waals surface area (Å²) < 4.78 is 13.9. The first-order chi connectivity index (χ1) is 7.54. The highest BCUT2D eigenvalue weighted by molar-refractivity contribution is 5.56. The lowest BCUT2D eigenvalue weighted by Crippen LogP contribution is -2.35. The first kappa shape index (κ1) is 11.4. The van der Waals surface area contributed by atoms with Gasteiger partial charge in [0, 0.05) is 19.6 Å². The molecule has 1 aromatic rings. The van der Waals surface area contributed by atoms with Gasteiger partial charge in [0.25, 0.3) is 0 Å². The van der Waals surface area contributed by atoms with Crippen LogP contribution in [0.5, 0.6) is 0 Å². The van der Waals surface area contributed by atoms with Crippen LogP contribution in [0.4, 0.5) is 10.1 Å². The van der Waals surface area contributed by atoms with Crippen molar-refractivity contribution < 1.29 is 4.39 Å². The van der Waals surface area contributed by atoms with Gasteiger partial charge in [-0.2, -0.15) is 0 Å². The lowest BCUT2D eigenvalue weighted by atomic mass is 9.88. The van der Waals surface area contributed by atoms with Crippen LogP contribution in [0.25, 0.3) is 0 Å². The second-order valence-corrected chi connectivity index (χ2v) is 4.89. The molecule has 0 aliphatic carbocycles. The van der Waals surface area contributed by atoms with Crippen molar-refractivity contribution in [3.63, 3.8) is 0 Å². The Bertz CT molecular complexity index is 382. The maximum atomic E-state index is 13.9. The molecule has 1 aromatic carbocycles. The van der Waals surface area contributed by atoms with E-state index in [1.165, 1.54) is 6.07 Å². The molecule has 1 N–H and O–H groups in total. The van der Waals surface area contributed by atoms with Crippen molar-refractivity contribution in [3.05, 3.63) is 29.6 Å². The van der Waals surface area contributed by atoms with E-state index in [9.17, 15) is 4.39 Å². The van der Waals surface area contributed by atoms with Crippen LogP contribution in [0.3, 0.4) is 0 Å². The highest BCUT2D eigenvalue weighted by Crippen LogP contribution is 2.37. The zero-order chi connectivity index (χ0) is 11.8. The predicted octanol–water partition coefficient (Wildman–Crippen LogP) is 2.49. The number of anilines is 1. The summed E-state index contributed by atoms with van der Waals surface area (Å²) in [5, 5.41) is 3.48. The van der Waals surface area contributed by atoms with E-state index >= 15 is 0 Å². The van der Waals surface area contributed by atoms with E-state index in [4.69, 9.17) is 0 Å². The Morgan fingerprint density at radius 2 is 2.12 bits per heavy atom. The van der Waals surface area contributed by atoms with E-state index in [1.807, 2.05) is 25.1 Å². The van der Waals surface area contributed by atoms with Crippen LogP contribution in [0, 0.1) is 5.82 Å². The van der Waals surface area contributed by atoms with Crippen LogP contribution < -0.4 is 10.2 Å². The molecular weight excluding hydrogens is 203 g/mol. The van der Waals surface area contributed by atoms with Gasteiger partial charge in [-0.1, -0.05) is 12.1 Å². The fraction of sp³-hybridized carbons (Fsp3) is 0.538. The predicted molar refractivity (Wildman–Crippen MR) is 65.3 cm³/mol. The minimum atomic E-state index is -0.141. The average Bonchev–Trinajstić information content (AvgIpc) is 2.65. The molecule has 2 nitrogen and oxygen atoms in total. The van der Waals surface area contributed by atoms with Gasteiger partial charge in [0.2, 0.25) is 0 Å².